The minimum atomic E-state index is -0.404. The van der Waals surface area contributed by atoms with Crippen molar-refractivity contribution in [3.8, 4) is 0 Å². The average molecular weight is 382 g/mol. The van der Waals surface area contributed by atoms with Gasteiger partial charge in [0.25, 0.3) is 0 Å². The molecule has 0 aliphatic heterocycles. The lowest BCUT2D eigenvalue weighted by atomic mass is 10.1. The Morgan fingerprint density at radius 3 is 2.32 bits per heavy atom. The molecule has 2 amide bonds. The van der Waals surface area contributed by atoms with Crippen LogP contribution < -0.4 is 10.2 Å². The van der Waals surface area contributed by atoms with E-state index >= 15 is 0 Å². The molecule has 0 aromatic heterocycles. The quantitative estimate of drug-likeness (QED) is 0.711. The van der Waals surface area contributed by atoms with E-state index in [1.165, 1.54) is 11.8 Å². The molecule has 0 heterocycles. The number of carbonyl (C=O) groups excluding carboxylic acids is 3. The maximum absolute atomic E-state index is 12.2. The predicted octanol–water partition coefficient (Wildman–Crippen LogP) is 3.23. The van der Waals surface area contributed by atoms with E-state index in [4.69, 9.17) is 4.74 Å². The Morgan fingerprint density at radius 1 is 1.04 bits per heavy atom. The largest absolute Gasteiger partial charge is 0.462 e. The fraction of sp³-hybridized carbons (Fsp3) is 0.318. The zero-order chi connectivity index (χ0) is 20.5. The van der Waals surface area contributed by atoms with Crippen LogP contribution in [0.1, 0.15) is 41.8 Å². The van der Waals surface area contributed by atoms with E-state index in [0.717, 1.165) is 11.1 Å². The van der Waals surface area contributed by atoms with Crippen LogP contribution >= 0.6 is 0 Å². The summed E-state index contributed by atoms with van der Waals surface area (Å²) in [6.07, 6.45) is 0.186. The third-order valence-electron chi connectivity index (χ3n) is 4.37. The SMILES string of the molecule is CCOC(=O)c1ccc(N(CCC(=O)NCc2ccccc2C)C(C)=O)cc1. The molecule has 0 aliphatic rings. The number of hydrogen-bond donors (Lipinski definition) is 1. The number of rotatable bonds is 8. The molecule has 0 fully saturated rings. The van der Waals surface area contributed by atoms with Crippen molar-refractivity contribution in [3.63, 3.8) is 0 Å². The van der Waals surface area contributed by atoms with Gasteiger partial charge in [-0.3, -0.25) is 9.59 Å². The van der Waals surface area contributed by atoms with Crippen molar-refractivity contribution in [2.45, 2.75) is 33.7 Å². The van der Waals surface area contributed by atoms with E-state index in [1.807, 2.05) is 31.2 Å². The molecule has 6 nitrogen and oxygen atoms in total. The van der Waals surface area contributed by atoms with Crippen LogP contribution in [0.4, 0.5) is 5.69 Å². The smallest absolute Gasteiger partial charge is 0.338 e. The predicted molar refractivity (Wildman–Crippen MR) is 108 cm³/mol. The second-order valence-corrected chi connectivity index (χ2v) is 6.39. The Morgan fingerprint density at radius 2 is 1.71 bits per heavy atom. The van der Waals surface area contributed by atoms with Gasteiger partial charge in [0, 0.05) is 32.1 Å². The lowest BCUT2D eigenvalue weighted by Gasteiger charge is -2.21. The highest BCUT2D eigenvalue weighted by Crippen LogP contribution is 2.17. The molecule has 0 unspecified atom stereocenters. The van der Waals surface area contributed by atoms with Gasteiger partial charge in [0.15, 0.2) is 0 Å². The number of benzene rings is 2. The van der Waals surface area contributed by atoms with Crippen LogP contribution in [-0.4, -0.2) is 30.9 Å². The summed E-state index contributed by atoms with van der Waals surface area (Å²) in [5.74, 6) is -0.702. The van der Waals surface area contributed by atoms with Gasteiger partial charge in [-0.1, -0.05) is 24.3 Å². The molecule has 0 aliphatic carbocycles. The summed E-state index contributed by atoms with van der Waals surface area (Å²) in [6.45, 7) is 6.21. The maximum atomic E-state index is 12.2. The number of ether oxygens (including phenoxy) is 1. The molecule has 0 saturated heterocycles. The van der Waals surface area contributed by atoms with Crippen molar-refractivity contribution in [2.24, 2.45) is 0 Å². The lowest BCUT2D eigenvalue weighted by molar-refractivity contribution is -0.121. The summed E-state index contributed by atoms with van der Waals surface area (Å²) in [5, 5.41) is 2.89. The summed E-state index contributed by atoms with van der Waals surface area (Å²) in [6, 6.07) is 14.5. The fourth-order valence-corrected chi connectivity index (χ4v) is 2.76. The van der Waals surface area contributed by atoms with Crippen molar-refractivity contribution < 1.29 is 19.1 Å². The number of hydrogen-bond acceptors (Lipinski definition) is 4. The minimum absolute atomic E-state index is 0.127. The summed E-state index contributed by atoms with van der Waals surface area (Å²) < 4.78 is 4.95. The highest BCUT2D eigenvalue weighted by molar-refractivity contribution is 5.94. The first-order valence-corrected chi connectivity index (χ1v) is 9.29. The molecule has 148 valence electrons. The van der Waals surface area contributed by atoms with Gasteiger partial charge in [0.1, 0.15) is 0 Å². The van der Waals surface area contributed by atoms with Crippen molar-refractivity contribution in [2.75, 3.05) is 18.1 Å². The van der Waals surface area contributed by atoms with E-state index < -0.39 is 5.97 Å². The van der Waals surface area contributed by atoms with Crippen LogP contribution in [0.25, 0.3) is 0 Å². The highest BCUT2D eigenvalue weighted by atomic mass is 16.5. The monoisotopic (exact) mass is 382 g/mol. The van der Waals surface area contributed by atoms with Gasteiger partial charge in [-0.15, -0.1) is 0 Å². The first kappa shape index (κ1) is 21.2. The third-order valence-corrected chi connectivity index (χ3v) is 4.37. The molecule has 0 bridgehead atoms. The average Bonchev–Trinajstić information content (AvgIpc) is 2.68. The molecule has 1 N–H and O–H groups in total. The maximum Gasteiger partial charge on any atom is 0.338 e. The Kier molecular flexibility index (Phi) is 7.75. The first-order valence-electron chi connectivity index (χ1n) is 9.29. The number of nitrogens with zero attached hydrogens (tertiary/aromatic N) is 1. The zero-order valence-electron chi connectivity index (χ0n) is 16.5. The van der Waals surface area contributed by atoms with E-state index in [9.17, 15) is 14.4 Å². The summed E-state index contributed by atoms with van der Waals surface area (Å²) in [4.78, 5) is 37.4. The molecule has 0 radical (unpaired) electrons. The number of carbonyl (C=O) groups is 3. The number of esters is 1. The van der Waals surface area contributed by atoms with Crippen LogP contribution in [0.3, 0.4) is 0 Å². The lowest BCUT2D eigenvalue weighted by Crippen LogP contribution is -2.33. The van der Waals surface area contributed by atoms with Crippen molar-refractivity contribution in [3.05, 3.63) is 65.2 Å². The molecule has 2 aromatic rings. The summed E-state index contributed by atoms with van der Waals surface area (Å²) in [5.41, 5.74) is 3.24. The molecular weight excluding hydrogens is 356 g/mol. The van der Waals surface area contributed by atoms with Crippen molar-refractivity contribution in [1.82, 2.24) is 5.32 Å². The molecule has 0 spiro atoms. The van der Waals surface area contributed by atoms with Crippen molar-refractivity contribution in [1.29, 1.82) is 0 Å². The van der Waals surface area contributed by atoms with Gasteiger partial charge in [-0.05, 0) is 49.2 Å². The van der Waals surface area contributed by atoms with Gasteiger partial charge in [-0.25, -0.2) is 4.79 Å². The van der Waals surface area contributed by atoms with Gasteiger partial charge < -0.3 is 15.0 Å². The topological polar surface area (TPSA) is 75.7 Å². The molecule has 2 aromatic carbocycles. The Hall–Kier alpha value is -3.15. The molecule has 0 saturated carbocycles. The van der Waals surface area contributed by atoms with Gasteiger partial charge in [-0.2, -0.15) is 0 Å². The molecular formula is C22H26N2O4. The standard InChI is InChI=1S/C22H26N2O4/c1-4-28-22(27)18-9-11-20(12-10-18)24(17(3)25)14-13-21(26)23-15-19-8-6-5-7-16(19)2/h5-12H,4,13-15H2,1-3H3,(H,23,26). The Labute approximate surface area is 165 Å². The Bertz CT molecular complexity index is 831. The molecule has 0 atom stereocenters. The molecule has 2 rings (SSSR count). The van der Waals surface area contributed by atoms with Gasteiger partial charge in [0.05, 0.1) is 12.2 Å². The second-order valence-electron chi connectivity index (χ2n) is 6.39. The summed E-state index contributed by atoms with van der Waals surface area (Å²) in [7, 11) is 0. The van der Waals surface area contributed by atoms with Crippen LogP contribution in [0.5, 0.6) is 0 Å². The Balaban J connectivity index is 1.93. The van der Waals surface area contributed by atoms with E-state index in [2.05, 4.69) is 5.32 Å². The minimum Gasteiger partial charge on any atom is -0.462 e. The van der Waals surface area contributed by atoms with Crippen LogP contribution in [0.2, 0.25) is 0 Å². The second kappa shape index (κ2) is 10.3. The number of nitrogens with one attached hydrogen (secondary N) is 1. The number of anilines is 1. The van der Waals surface area contributed by atoms with E-state index in [1.54, 1.807) is 31.2 Å². The highest BCUT2D eigenvalue weighted by Gasteiger charge is 2.15. The fourth-order valence-electron chi connectivity index (χ4n) is 2.76. The molecule has 6 heteroatoms. The number of aryl methyl sites for hydroxylation is 1. The molecule has 28 heavy (non-hydrogen) atoms. The normalized spacial score (nSPS) is 10.2. The third kappa shape index (κ3) is 5.94. The van der Waals surface area contributed by atoms with Crippen LogP contribution in [-0.2, 0) is 20.9 Å². The zero-order valence-corrected chi connectivity index (χ0v) is 16.5. The van der Waals surface area contributed by atoms with Crippen LogP contribution in [0.15, 0.2) is 48.5 Å². The summed E-state index contributed by atoms with van der Waals surface area (Å²) >= 11 is 0. The number of amides is 2. The van der Waals surface area contributed by atoms with E-state index in [-0.39, 0.29) is 24.8 Å². The first-order chi connectivity index (χ1) is 13.4. The van der Waals surface area contributed by atoms with Crippen molar-refractivity contribution >= 4 is 23.5 Å². The van der Waals surface area contributed by atoms with E-state index in [0.29, 0.717) is 24.4 Å². The van der Waals surface area contributed by atoms with Gasteiger partial charge in [0.2, 0.25) is 11.8 Å². The van der Waals surface area contributed by atoms with Gasteiger partial charge >= 0.3 is 5.97 Å². The van der Waals surface area contributed by atoms with Crippen LogP contribution in [0, 0.1) is 6.92 Å².